The van der Waals surface area contributed by atoms with E-state index in [0.29, 0.717) is 77.5 Å². The SMILES string of the molecule is Cc1cc(Cc2nc(Cc3ccc(N=Nc4ccc(N=Nc5ccccc5)cc4S(=O)(=O)O)c(C)c3)nc(NCCCCCC(=O)O)n2)ccc1N=Nc1ccc(N=Nc2ccc(S(=O)(=O)O)cc2)cc1.O=S(=O)=O.O=S(=O)=O. The molecule has 0 radical (unpaired) electrons. The quantitative estimate of drug-likeness (QED) is 0.0295. The van der Waals surface area contributed by atoms with Crippen molar-refractivity contribution >= 4 is 98.9 Å². The molecule has 0 unspecified atom stereocenters. The van der Waals surface area contributed by atoms with Crippen LogP contribution in [0.3, 0.4) is 0 Å². The number of rotatable bonds is 21. The molecule has 0 aliphatic heterocycles. The zero-order valence-corrected chi connectivity index (χ0v) is 44.8. The van der Waals surface area contributed by atoms with E-state index in [2.05, 4.69) is 46.2 Å². The van der Waals surface area contributed by atoms with Gasteiger partial charge in [0.2, 0.25) is 5.95 Å². The Morgan fingerprint density at radius 1 is 0.494 bits per heavy atom. The van der Waals surface area contributed by atoms with Crippen molar-refractivity contribution in [2.45, 2.75) is 62.2 Å². The summed E-state index contributed by atoms with van der Waals surface area (Å²) >= 11 is 0. The third-order valence-corrected chi connectivity index (χ3v) is 12.1. The number of aliphatic carboxylic acids is 1. The second kappa shape index (κ2) is 29.5. The molecule has 1 heterocycles. The highest BCUT2D eigenvalue weighted by Gasteiger charge is 2.18. The molecule has 6 aromatic carbocycles. The van der Waals surface area contributed by atoms with Gasteiger partial charge in [-0.15, -0.1) is 30.4 Å². The molecule has 0 amide bonds. The largest absolute Gasteiger partial charge is 0.481 e. The number of anilines is 1. The zero-order chi connectivity index (χ0) is 57.5. The van der Waals surface area contributed by atoms with Gasteiger partial charge in [0, 0.05) is 25.8 Å². The van der Waals surface area contributed by atoms with Gasteiger partial charge in [0.1, 0.15) is 22.2 Å². The number of aryl methyl sites for hydroxylation is 2. The Balaban J connectivity index is 0.00000134. The number of unbranched alkanes of at least 4 members (excludes halogenated alkanes) is 2. The number of carboxylic acids is 1. The van der Waals surface area contributed by atoms with E-state index in [-0.39, 0.29) is 22.7 Å². The van der Waals surface area contributed by atoms with Crippen molar-refractivity contribution in [2.24, 2.45) is 40.9 Å². The van der Waals surface area contributed by atoms with E-state index < -0.39 is 52.3 Å². The molecule has 0 aliphatic rings. The van der Waals surface area contributed by atoms with Gasteiger partial charge >= 0.3 is 27.2 Å². The topological polar surface area (TPSA) is 398 Å². The summed E-state index contributed by atoms with van der Waals surface area (Å²) in [5, 5.41) is 46.0. The van der Waals surface area contributed by atoms with Crippen molar-refractivity contribution < 1.29 is 61.1 Å². The third kappa shape index (κ3) is 21.9. The van der Waals surface area contributed by atoms with Gasteiger partial charge < -0.3 is 10.4 Å². The van der Waals surface area contributed by atoms with Gasteiger partial charge in [-0.2, -0.15) is 62.6 Å². The Morgan fingerprint density at radius 2 is 0.911 bits per heavy atom. The minimum absolute atomic E-state index is 0.0814. The summed E-state index contributed by atoms with van der Waals surface area (Å²) in [4.78, 5) is 24.5. The summed E-state index contributed by atoms with van der Waals surface area (Å²) in [6.07, 6.45) is 2.82. The van der Waals surface area contributed by atoms with Crippen molar-refractivity contribution in [1.82, 2.24) is 15.0 Å². The first-order valence-electron chi connectivity index (χ1n) is 22.9. The molecule has 7 aromatic rings. The number of benzene rings is 6. The van der Waals surface area contributed by atoms with E-state index in [1.54, 1.807) is 54.6 Å². The van der Waals surface area contributed by atoms with Gasteiger partial charge in [-0.3, -0.25) is 13.9 Å². The highest BCUT2D eigenvalue weighted by Crippen LogP contribution is 2.33. The molecule has 7 rings (SSSR count). The Morgan fingerprint density at radius 3 is 1.38 bits per heavy atom. The standard InChI is InChI=1S/C49H46N12O8S2.2O3S/c1-32-27-34(12-23-42(32)59-57-38-16-14-37(15-17-38)55-56-39-18-21-41(22-19-39)70(64,65)66)29-46-51-47(53-49(52-46)50-26-8-4-7-11-48(62)63)30-35-13-24-43(33(2)28-35)60-61-44-25-20-40(31-45(44)71(67,68)69)58-54-36-9-5-3-6-10-36;2*1-4(2)3/h3,5-6,9-10,12-25,27-28,31H,4,7-8,11,26,29-30H2,1-2H3,(H,62,63)(H,64,65,66)(H,67,68,69)(H,50,51,52,53);;. The molecule has 79 heavy (non-hydrogen) atoms. The Kier molecular flexibility index (Phi) is 22.8. The average molecular weight is 1160 g/mol. The van der Waals surface area contributed by atoms with E-state index in [4.69, 9.17) is 49.9 Å². The molecule has 410 valence electrons. The first kappa shape index (κ1) is 60.9. The summed E-state index contributed by atoms with van der Waals surface area (Å²) in [7, 11) is -15.2. The summed E-state index contributed by atoms with van der Waals surface area (Å²) in [5.41, 5.74) is 6.72. The van der Waals surface area contributed by atoms with E-state index in [1.165, 1.54) is 42.5 Å². The number of hydrogen-bond acceptors (Lipinski definition) is 23. The highest BCUT2D eigenvalue weighted by molar-refractivity contribution is 7.86. The molecule has 4 N–H and O–H groups in total. The van der Waals surface area contributed by atoms with Crippen LogP contribution in [0.4, 0.5) is 51.4 Å². The number of nitrogens with one attached hydrogen (secondary N) is 1. The third-order valence-electron chi connectivity index (χ3n) is 10.4. The Bertz CT molecular complexity index is 3840. The van der Waals surface area contributed by atoms with Crippen LogP contribution in [0.15, 0.2) is 184 Å². The lowest BCUT2D eigenvalue weighted by molar-refractivity contribution is -0.137. The van der Waals surface area contributed by atoms with Crippen LogP contribution in [-0.2, 0) is 59.1 Å². The van der Waals surface area contributed by atoms with Crippen LogP contribution < -0.4 is 5.32 Å². The zero-order valence-electron chi connectivity index (χ0n) is 41.5. The molecular formula is C49H46N12O14S4. The van der Waals surface area contributed by atoms with Crippen LogP contribution in [-0.4, -0.2) is 83.8 Å². The maximum atomic E-state index is 12.3. The monoisotopic (exact) mass is 1150 g/mol. The van der Waals surface area contributed by atoms with Crippen molar-refractivity contribution in [1.29, 1.82) is 0 Å². The summed E-state index contributed by atoms with van der Waals surface area (Å²) in [5.74, 6) is 0.580. The molecule has 0 saturated heterocycles. The van der Waals surface area contributed by atoms with Crippen molar-refractivity contribution in [3.8, 4) is 0 Å². The molecule has 1 aromatic heterocycles. The predicted octanol–water partition coefficient (Wildman–Crippen LogP) is 10.9. The van der Waals surface area contributed by atoms with Gasteiger partial charge in [0.25, 0.3) is 20.2 Å². The van der Waals surface area contributed by atoms with E-state index in [1.807, 2.05) is 50.2 Å². The normalized spacial score (nSPS) is 11.5. The number of carbonyl (C=O) groups is 1. The van der Waals surface area contributed by atoms with E-state index in [9.17, 15) is 26.2 Å². The van der Waals surface area contributed by atoms with E-state index >= 15 is 0 Å². The first-order chi connectivity index (χ1) is 37.5. The number of azo groups is 4. The van der Waals surface area contributed by atoms with Crippen LogP contribution in [0, 0.1) is 13.8 Å². The molecule has 0 saturated carbocycles. The van der Waals surface area contributed by atoms with Gasteiger partial charge in [0.05, 0.1) is 44.7 Å². The second-order valence-electron chi connectivity index (χ2n) is 16.4. The smallest absolute Gasteiger partial charge is 0.425 e. The van der Waals surface area contributed by atoms with Crippen LogP contribution in [0.25, 0.3) is 0 Å². The van der Waals surface area contributed by atoms with Crippen LogP contribution in [0.5, 0.6) is 0 Å². The minimum Gasteiger partial charge on any atom is -0.481 e. The summed E-state index contributed by atoms with van der Waals surface area (Å²) in [6, 6.07) is 36.5. The number of hydrogen-bond donors (Lipinski definition) is 4. The lowest BCUT2D eigenvalue weighted by Crippen LogP contribution is -2.12. The maximum Gasteiger partial charge on any atom is 0.425 e. The van der Waals surface area contributed by atoms with Crippen molar-refractivity contribution in [3.05, 3.63) is 167 Å². The fraction of sp³-hybridized carbons (Fsp3) is 0.184. The summed E-state index contributed by atoms with van der Waals surface area (Å²) in [6.45, 7) is 4.29. The number of nitrogens with zero attached hydrogens (tertiary/aromatic N) is 11. The molecule has 26 nitrogen and oxygen atoms in total. The molecule has 0 bridgehead atoms. The number of carboxylic acid groups (broad SMARTS) is 1. The van der Waals surface area contributed by atoms with E-state index in [0.717, 1.165) is 35.1 Å². The lowest BCUT2D eigenvalue weighted by atomic mass is 10.1. The average Bonchev–Trinajstić information content (AvgIpc) is 3.39. The Labute approximate surface area is 455 Å². The first-order valence-corrected chi connectivity index (χ1v) is 27.8. The van der Waals surface area contributed by atoms with Crippen molar-refractivity contribution in [3.63, 3.8) is 0 Å². The van der Waals surface area contributed by atoms with Gasteiger partial charge in [-0.1, -0.05) is 48.9 Å². The highest BCUT2D eigenvalue weighted by atomic mass is 32.2. The fourth-order valence-corrected chi connectivity index (χ4v) is 7.92. The van der Waals surface area contributed by atoms with Gasteiger partial charge in [0.15, 0.2) is 0 Å². The molecule has 0 aliphatic carbocycles. The molecule has 0 spiro atoms. The van der Waals surface area contributed by atoms with Gasteiger partial charge in [-0.25, -0.2) is 4.98 Å². The number of aromatic nitrogens is 3. The molecule has 0 atom stereocenters. The minimum atomic E-state index is -4.69. The lowest BCUT2D eigenvalue weighted by Gasteiger charge is -2.11. The molecule has 30 heteroatoms. The fourth-order valence-electron chi connectivity index (χ4n) is 6.80. The van der Waals surface area contributed by atoms with Crippen LogP contribution in [0.1, 0.15) is 59.6 Å². The maximum absolute atomic E-state index is 12.3. The summed E-state index contributed by atoms with van der Waals surface area (Å²) < 4.78 is 117. The van der Waals surface area contributed by atoms with Crippen LogP contribution >= 0.6 is 0 Å². The molecule has 0 fully saturated rings. The van der Waals surface area contributed by atoms with Crippen molar-refractivity contribution in [2.75, 3.05) is 11.9 Å². The van der Waals surface area contributed by atoms with Gasteiger partial charge in [-0.05, 0) is 140 Å². The Hall–Kier alpha value is -8.94. The second-order valence-corrected chi connectivity index (χ2v) is 20.0. The predicted molar refractivity (Wildman–Crippen MR) is 284 cm³/mol. The molecular weight excluding hydrogens is 1110 g/mol. The van der Waals surface area contributed by atoms with Crippen LogP contribution in [0.2, 0.25) is 0 Å².